The third-order valence-corrected chi connectivity index (χ3v) is 9.77. The summed E-state index contributed by atoms with van der Waals surface area (Å²) in [6.07, 6.45) is 9.64. The van der Waals surface area contributed by atoms with Crippen LogP contribution in [0.3, 0.4) is 0 Å². The molecule has 140 valence electrons. The Morgan fingerprint density at radius 2 is 1.23 bits per heavy atom. The Hall–Kier alpha value is -1.20. The number of hydrogen-bond donors (Lipinski definition) is 0. The van der Waals surface area contributed by atoms with Crippen LogP contribution in [0.25, 0.3) is 10.9 Å². The molecule has 3 saturated heterocycles. The first-order valence-electron chi connectivity index (χ1n) is 10.2. The predicted molar refractivity (Wildman–Crippen MR) is 106 cm³/mol. The first-order valence-corrected chi connectivity index (χ1v) is 11.7. The van der Waals surface area contributed by atoms with Crippen LogP contribution in [0.1, 0.15) is 38.5 Å². The zero-order chi connectivity index (χ0) is 17.4. The van der Waals surface area contributed by atoms with E-state index in [4.69, 9.17) is 4.62 Å². The molecule has 6 nitrogen and oxygen atoms in total. The smallest absolute Gasteiger partial charge is 0.185 e. The van der Waals surface area contributed by atoms with Gasteiger partial charge in [0.05, 0.1) is 6.20 Å². The largest absolute Gasteiger partial charge is 0.451 e. The van der Waals surface area contributed by atoms with Crippen LogP contribution >= 0.6 is 7.94 Å². The van der Waals surface area contributed by atoms with Gasteiger partial charge in [0.25, 0.3) is 0 Å². The molecule has 0 unspecified atom stereocenters. The molecule has 2 aromatic rings. The van der Waals surface area contributed by atoms with Crippen LogP contribution in [0, 0.1) is 0 Å². The Balaban J connectivity index is 1.59. The molecule has 3 fully saturated rings. The van der Waals surface area contributed by atoms with E-state index in [1.165, 1.54) is 38.5 Å². The fourth-order valence-corrected chi connectivity index (χ4v) is 8.82. The highest BCUT2D eigenvalue weighted by Crippen LogP contribution is 2.68. The van der Waals surface area contributed by atoms with Gasteiger partial charge in [-0.1, -0.05) is 18.2 Å². The lowest BCUT2D eigenvalue weighted by molar-refractivity contribution is 0.174. The molecule has 4 heterocycles. The standard InChI is InChI=1S/C19H29N5OP/c1-2-10-19-18(9-1)17-20-24(19)25-26(21-11-3-4-12-21,22-13-5-6-14-22)23-15-7-8-16-23/h1-2,9-10,17H,3-8,11-16H2/q+1. The zero-order valence-corrected chi connectivity index (χ0v) is 16.4. The second-order valence-corrected chi connectivity index (χ2v) is 10.5. The summed E-state index contributed by atoms with van der Waals surface area (Å²) < 4.78 is 15.0. The summed E-state index contributed by atoms with van der Waals surface area (Å²) >= 11 is 0. The van der Waals surface area contributed by atoms with Gasteiger partial charge < -0.3 is 0 Å². The molecule has 0 amide bonds. The normalized spacial score (nSPS) is 23.4. The van der Waals surface area contributed by atoms with Gasteiger partial charge in [-0.3, -0.25) is 0 Å². The number of aromatic nitrogens is 2. The van der Waals surface area contributed by atoms with E-state index in [2.05, 4.69) is 43.4 Å². The number of hydrogen-bond acceptors (Lipinski definition) is 5. The average molecular weight is 374 g/mol. The van der Waals surface area contributed by atoms with E-state index in [0.29, 0.717) is 0 Å². The van der Waals surface area contributed by atoms with Crippen LogP contribution in [0.5, 0.6) is 0 Å². The number of fused-ring (bicyclic) bond motifs is 1. The van der Waals surface area contributed by atoms with Gasteiger partial charge in [0.1, 0.15) is 5.52 Å². The third-order valence-electron chi connectivity index (χ3n) is 5.98. The van der Waals surface area contributed by atoms with Gasteiger partial charge in [0, 0.05) is 44.7 Å². The molecule has 0 N–H and O–H groups in total. The highest BCUT2D eigenvalue weighted by Gasteiger charge is 2.63. The van der Waals surface area contributed by atoms with Crippen molar-refractivity contribution in [2.75, 3.05) is 39.3 Å². The number of benzene rings is 1. The average Bonchev–Trinajstić information content (AvgIpc) is 3.49. The SMILES string of the molecule is c1ccc2c(c1)cnn2O[P+](N1CCCC1)(N1CCCC1)N1CCCC1. The van der Waals surface area contributed by atoms with Crippen molar-refractivity contribution in [3.8, 4) is 0 Å². The molecule has 0 bridgehead atoms. The summed E-state index contributed by atoms with van der Waals surface area (Å²) in [5, 5.41) is 5.78. The van der Waals surface area contributed by atoms with Crippen molar-refractivity contribution in [1.29, 1.82) is 0 Å². The Bertz CT molecular complexity index is 706. The number of para-hydroxylation sites is 1. The summed E-state index contributed by atoms with van der Waals surface area (Å²) in [4.78, 5) is 1.83. The van der Waals surface area contributed by atoms with Gasteiger partial charge in [0.2, 0.25) is 0 Å². The molecular formula is C19H29N5OP+. The molecule has 1 aromatic heterocycles. The molecule has 0 aliphatic carbocycles. The number of rotatable bonds is 5. The lowest BCUT2D eigenvalue weighted by atomic mass is 10.3. The second kappa shape index (κ2) is 7.08. The molecule has 3 aliphatic heterocycles. The van der Waals surface area contributed by atoms with Crippen LogP contribution in [0.2, 0.25) is 0 Å². The predicted octanol–water partition coefficient (Wildman–Crippen LogP) is 3.43. The van der Waals surface area contributed by atoms with E-state index in [-0.39, 0.29) is 0 Å². The van der Waals surface area contributed by atoms with Gasteiger partial charge in [-0.2, -0.15) is 4.62 Å². The zero-order valence-electron chi connectivity index (χ0n) is 15.5. The molecule has 1 aromatic carbocycles. The van der Waals surface area contributed by atoms with E-state index in [1.54, 1.807) is 0 Å². The summed E-state index contributed by atoms with van der Waals surface area (Å²) in [7, 11) is -2.03. The fourth-order valence-electron chi connectivity index (χ4n) is 4.69. The third kappa shape index (κ3) is 2.75. The maximum absolute atomic E-state index is 7.00. The molecule has 0 atom stereocenters. The number of nitrogens with zero attached hydrogens (tertiary/aromatic N) is 5. The summed E-state index contributed by atoms with van der Waals surface area (Å²) in [5.41, 5.74) is 1.08. The molecular weight excluding hydrogens is 345 g/mol. The Kier molecular flexibility index (Phi) is 4.61. The molecule has 3 aliphatic rings. The van der Waals surface area contributed by atoms with E-state index in [9.17, 15) is 0 Å². The highest BCUT2D eigenvalue weighted by atomic mass is 31.2. The van der Waals surface area contributed by atoms with Crippen molar-refractivity contribution < 1.29 is 4.62 Å². The molecule has 26 heavy (non-hydrogen) atoms. The lowest BCUT2D eigenvalue weighted by Crippen LogP contribution is -2.47. The summed E-state index contributed by atoms with van der Waals surface area (Å²) in [6.45, 7) is 6.92. The van der Waals surface area contributed by atoms with Crippen LogP contribution in [0.15, 0.2) is 30.5 Å². The fraction of sp³-hybridized carbons (Fsp3) is 0.632. The van der Waals surface area contributed by atoms with Crippen molar-refractivity contribution in [1.82, 2.24) is 24.0 Å². The molecule has 0 saturated carbocycles. The van der Waals surface area contributed by atoms with Gasteiger partial charge in [0.15, 0.2) is 0 Å². The first kappa shape index (κ1) is 16.9. The Morgan fingerprint density at radius 3 is 1.77 bits per heavy atom. The maximum atomic E-state index is 7.00. The Labute approximate surface area is 156 Å². The van der Waals surface area contributed by atoms with Crippen LogP contribution in [-0.2, 0) is 0 Å². The van der Waals surface area contributed by atoms with E-state index in [1.807, 2.05) is 11.0 Å². The van der Waals surface area contributed by atoms with Gasteiger partial charge in [-0.15, -0.1) is 19.1 Å². The van der Waals surface area contributed by atoms with E-state index >= 15 is 0 Å². The van der Waals surface area contributed by atoms with Crippen LogP contribution < -0.4 is 4.62 Å². The van der Waals surface area contributed by atoms with Crippen molar-refractivity contribution in [3.63, 3.8) is 0 Å². The minimum atomic E-state index is -2.03. The van der Waals surface area contributed by atoms with Gasteiger partial charge in [-0.25, -0.2) is 0 Å². The van der Waals surface area contributed by atoms with Crippen LogP contribution in [-0.4, -0.2) is 63.2 Å². The van der Waals surface area contributed by atoms with Gasteiger partial charge >= 0.3 is 7.94 Å². The quantitative estimate of drug-likeness (QED) is 0.750. The minimum Gasteiger partial charge on any atom is -0.185 e. The maximum Gasteiger partial charge on any atom is 0.451 e. The van der Waals surface area contributed by atoms with Crippen LogP contribution in [0.4, 0.5) is 0 Å². The summed E-state index contributed by atoms with van der Waals surface area (Å²) in [5.74, 6) is 0. The van der Waals surface area contributed by atoms with Crippen molar-refractivity contribution in [2.45, 2.75) is 38.5 Å². The Morgan fingerprint density at radius 1 is 0.731 bits per heavy atom. The molecule has 5 rings (SSSR count). The second-order valence-electron chi connectivity index (χ2n) is 7.65. The topological polar surface area (TPSA) is 36.8 Å². The lowest BCUT2D eigenvalue weighted by Gasteiger charge is -2.39. The molecule has 0 spiro atoms. The first-order chi connectivity index (χ1) is 12.9. The molecule has 0 radical (unpaired) electrons. The highest BCUT2D eigenvalue weighted by molar-refractivity contribution is 7.64. The van der Waals surface area contributed by atoms with E-state index in [0.717, 1.165) is 50.2 Å². The van der Waals surface area contributed by atoms with Crippen molar-refractivity contribution in [2.24, 2.45) is 0 Å². The van der Waals surface area contributed by atoms with Crippen molar-refractivity contribution >= 4 is 18.8 Å². The molecule has 7 heteroatoms. The minimum absolute atomic E-state index is 1.08. The summed E-state index contributed by atoms with van der Waals surface area (Å²) in [6, 6.07) is 8.38. The van der Waals surface area contributed by atoms with Gasteiger partial charge in [-0.05, 0) is 49.4 Å². The van der Waals surface area contributed by atoms with E-state index < -0.39 is 7.94 Å². The monoisotopic (exact) mass is 374 g/mol. The van der Waals surface area contributed by atoms with Crippen molar-refractivity contribution in [3.05, 3.63) is 30.5 Å².